The van der Waals surface area contributed by atoms with Gasteiger partial charge in [0.15, 0.2) is 5.01 Å². The van der Waals surface area contributed by atoms with Crippen LogP contribution in [0, 0.1) is 0 Å². The summed E-state index contributed by atoms with van der Waals surface area (Å²) in [5.41, 5.74) is 0.907. The van der Waals surface area contributed by atoms with Crippen LogP contribution >= 0.6 is 22.9 Å². The number of thiazole rings is 1. The molecule has 0 aliphatic carbocycles. The molecule has 1 aliphatic rings. The number of fused-ring (bicyclic) bond motifs is 1. The van der Waals surface area contributed by atoms with Crippen LogP contribution in [0.4, 0.5) is 5.82 Å². The Morgan fingerprint density at radius 1 is 1.24 bits per heavy atom. The van der Waals surface area contributed by atoms with E-state index in [1.807, 2.05) is 7.05 Å². The van der Waals surface area contributed by atoms with Crippen molar-refractivity contribution in [3.63, 3.8) is 0 Å². The number of nitrogens with one attached hydrogen (secondary N) is 3. The molecule has 0 spiro atoms. The highest BCUT2D eigenvalue weighted by Gasteiger charge is 2.27. The van der Waals surface area contributed by atoms with Gasteiger partial charge in [-0.15, -0.1) is 11.3 Å². The number of amides is 4. The molecule has 0 radical (unpaired) electrons. The fraction of sp³-hybridized carbons (Fsp3) is 0.400. The van der Waals surface area contributed by atoms with Gasteiger partial charge in [0.2, 0.25) is 5.91 Å². The minimum atomic E-state index is -1.15. The summed E-state index contributed by atoms with van der Waals surface area (Å²) in [5, 5.41) is 7.97. The maximum absolute atomic E-state index is 12.6. The van der Waals surface area contributed by atoms with Gasteiger partial charge in [-0.2, -0.15) is 0 Å². The summed E-state index contributed by atoms with van der Waals surface area (Å²) in [6.07, 6.45) is 2.09. The molecule has 13 heteroatoms. The van der Waals surface area contributed by atoms with Crippen molar-refractivity contribution in [1.29, 1.82) is 0 Å². The summed E-state index contributed by atoms with van der Waals surface area (Å²) < 4.78 is 0. The number of hydrogen-bond donors (Lipinski definition) is 3. The Hall–Kier alpha value is -3.09. The number of halogens is 1. The average Bonchev–Trinajstić information content (AvgIpc) is 3.20. The number of likely N-dealkylation sites (N-methyl/N-ethyl adjacent to an activating group) is 2. The van der Waals surface area contributed by atoms with Crippen LogP contribution in [0.25, 0.3) is 0 Å². The van der Waals surface area contributed by atoms with Gasteiger partial charge in [-0.3, -0.25) is 19.2 Å². The molecule has 1 atom stereocenters. The van der Waals surface area contributed by atoms with Crippen molar-refractivity contribution < 1.29 is 19.2 Å². The zero-order valence-corrected chi connectivity index (χ0v) is 19.9. The van der Waals surface area contributed by atoms with Crippen LogP contribution in [0.3, 0.4) is 0 Å². The van der Waals surface area contributed by atoms with Crippen LogP contribution in [-0.2, 0) is 27.3 Å². The van der Waals surface area contributed by atoms with Crippen LogP contribution in [0.5, 0.6) is 0 Å². The molecule has 0 fully saturated rings. The second-order valence-corrected chi connectivity index (χ2v) is 9.18. The van der Waals surface area contributed by atoms with Gasteiger partial charge in [-0.05, 0) is 19.2 Å². The topological polar surface area (TPSA) is 137 Å². The number of hydrogen-bond acceptors (Lipinski definition) is 8. The number of carbonyl (C=O) groups excluding carboxylic acids is 4. The molecule has 33 heavy (non-hydrogen) atoms. The van der Waals surface area contributed by atoms with Gasteiger partial charge >= 0.3 is 11.8 Å². The monoisotopic (exact) mass is 493 g/mol. The Labute approximate surface area is 199 Å². The highest BCUT2D eigenvalue weighted by molar-refractivity contribution is 7.13. The predicted molar refractivity (Wildman–Crippen MR) is 123 cm³/mol. The van der Waals surface area contributed by atoms with Crippen molar-refractivity contribution >= 4 is 52.4 Å². The van der Waals surface area contributed by atoms with E-state index in [-0.39, 0.29) is 12.4 Å². The van der Waals surface area contributed by atoms with Crippen LogP contribution < -0.4 is 16.0 Å². The first kappa shape index (κ1) is 24.6. The third kappa shape index (κ3) is 6.46. The van der Waals surface area contributed by atoms with E-state index in [0.717, 1.165) is 30.1 Å². The third-order valence-electron chi connectivity index (χ3n) is 4.80. The zero-order valence-electron chi connectivity index (χ0n) is 18.3. The second-order valence-electron chi connectivity index (χ2n) is 7.66. The first-order valence-electron chi connectivity index (χ1n) is 10.0. The van der Waals surface area contributed by atoms with E-state index in [0.29, 0.717) is 10.0 Å². The fourth-order valence-corrected chi connectivity index (χ4v) is 4.27. The Balaban J connectivity index is 1.61. The summed E-state index contributed by atoms with van der Waals surface area (Å²) in [7, 11) is 5.01. The number of rotatable bonds is 6. The Bertz CT molecular complexity index is 1060. The number of carbonyl (C=O) groups is 4. The molecule has 2 aromatic heterocycles. The van der Waals surface area contributed by atoms with Gasteiger partial charge < -0.3 is 25.8 Å². The van der Waals surface area contributed by atoms with Crippen LogP contribution in [0.2, 0.25) is 5.02 Å². The Morgan fingerprint density at radius 2 is 2.00 bits per heavy atom. The quantitative estimate of drug-likeness (QED) is 0.486. The summed E-state index contributed by atoms with van der Waals surface area (Å²) in [6.45, 7) is 1.39. The average molecular weight is 494 g/mol. The molecule has 2 aromatic rings. The molecule has 176 valence electrons. The molecular weight excluding hydrogens is 470 g/mol. The molecule has 3 rings (SSSR count). The molecule has 0 bridgehead atoms. The van der Waals surface area contributed by atoms with Gasteiger partial charge in [-0.1, -0.05) is 11.6 Å². The van der Waals surface area contributed by atoms with E-state index in [9.17, 15) is 19.2 Å². The summed E-state index contributed by atoms with van der Waals surface area (Å²) in [6, 6.07) is 1.78. The van der Waals surface area contributed by atoms with E-state index < -0.39 is 29.7 Å². The molecule has 3 heterocycles. The highest BCUT2D eigenvalue weighted by Crippen LogP contribution is 2.24. The lowest BCUT2D eigenvalue weighted by Gasteiger charge is -2.21. The standard InChI is InChI=1S/C20H24ClN7O4S/c1-27(2)20(32)13(24-16(29)17(30)26-15-5-4-11(21)8-22-15)9-23-18(31)19-25-12-6-7-28(3)10-14(12)33-19/h4-5,8,13H,6-7,9-10H2,1-3H3,(H,23,31)(H,24,29)(H,22,26,30)/t13-/m0/s1. The van der Waals surface area contributed by atoms with Crippen LogP contribution in [-0.4, -0.2) is 83.7 Å². The molecule has 11 nitrogen and oxygen atoms in total. The number of anilines is 1. The third-order valence-corrected chi connectivity index (χ3v) is 6.11. The summed E-state index contributed by atoms with van der Waals surface area (Å²) >= 11 is 7.05. The van der Waals surface area contributed by atoms with E-state index in [4.69, 9.17) is 11.6 Å². The maximum atomic E-state index is 12.6. The van der Waals surface area contributed by atoms with E-state index in [1.165, 1.54) is 48.7 Å². The fourth-order valence-electron chi connectivity index (χ4n) is 3.05. The van der Waals surface area contributed by atoms with Crippen molar-refractivity contribution in [2.45, 2.75) is 19.0 Å². The SMILES string of the molecule is CN1CCc2nc(C(=O)NC[C@H](NC(=O)C(=O)Nc3ccc(Cl)cn3)C(=O)N(C)C)sc2C1. The van der Waals surface area contributed by atoms with Gasteiger partial charge in [0.25, 0.3) is 5.91 Å². The molecule has 3 N–H and O–H groups in total. The first-order chi connectivity index (χ1) is 15.6. The van der Waals surface area contributed by atoms with E-state index >= 15 is 0 Å². The van der Waals surface area contributed by atoms with Gasteiger partial charge in [0.1, 0.15) is 11.9 Å². The maximum Gasteiger partial charge on any atom is 0.314 e. The summed E-state index contributed by atoms with van der Waals surface area (Å²) in [4.78, 5) is 62.4. The van der Waals surface area contributed by atoms with Gasteiger partial charge in [-0.25, -0.2) is 9.97 Å². The van der Waals surface area contributed by atoms with Gasteiger partial charge in [0, 0.05) is 51.2 Å². The zero-order chi connectivity index (χ0) is 24.1. The van der Waals surface area contributed by atoms with Crippen molar-refractivity contribution in [3.8, 4) is 0 Å². The lowest BCUT2D eigenvalue weighted by molar-refractivity contribution is -0.139. The molecule has 0 saturated heterocycles. The largest absolute Gasteiger partial charge is 0.347 e. The molecule has 0 saturated carbocycles. The first-order valence-corrected chi connectivity index (χ1v) is 11.2. The van der Waals surface area contributed by atoms with Crippen molar-refractivity contribution in [2.24, 2.45) is 0 Å². The lowest BCUT2D eigenvalue weighted by Crippen LogP contribution is -2.54. The van der Waals surface area contributed by atoms with Gasteiger partial charge in [0.05, 0.1) is 10.7 Å². The predicted octanol–water partition coefficient (Wildman–Crippen LogP) is 0.121. The van der Waals surface area contributed by atoms with E-state index in [2.05, 4.69) is 30.8 Å². The minimum Gasteiger partial charge on any atom is -0.347 e. The number of pyridine rings is 1. The van der Waals surface area contributed by atoms with Crippen molar-refractivity contribution in [1.82, 2.24) is 30.4 Å². The molecule has 0 aromatic carbocycles. The normalized spacial score (nSPS) is 14.1. The molecular formula is C20H24ClN7O4S. The minimum absolute atomic E-state index is 0.127. The summed E-state index contributed by atoms with van der Waals surface area (Å²) in [5.74, 6) is -2.86. The van der Waals surface area contributed by atoms with Crippen LogP contribution in [0.15, 0.2) is 18.3 Å². The smallest absolute Gasteiger partial charge is 0.314 e. The molecule has 1 aliphatic heterocycles. The number of nitrogens with zero attached hydrogens (tertiary/aromatic N) is 4. The van der Waals surface area contributed by atoms with Crippen molar-refractivity contribution in [3.05, 3.63) is 38.9 Å². The highest BCUT2D eigenvalue weighted by atomic mass is 35.5. The van der Waals surface area contributed by atoms with Crippen molar-refractivity contribution in [2.75, 3.05) is 39.5 Å². The second kappa shape index (κ2) is 10.7. The van der Waals surface area contributed by atoms with E-state index in [1.54, 1.807) is 0 Å². The molecule has 4 amide bonds. The Kier molecular flexibility index (Phi) is 7.95. The van der Waals surface area contributed by atoms with Crippen LogP contribution in [0.1, 0.15) is 20.4 Å². The number of aromatic nitrogens is 2. The lowest BCUT2D eigenvalue weighted by atomic mass is 10.2. The molecule has 0 unspecified atom stereocenters. The Morgan fingerprint density at radius 3 is 2.67 bits per heavy atom.